The molecule has 1 rings (SSSR count). The minimum Gasteiger partial charge on any atom is -0.388 e. The van der Waals surface area contributed by atoms with Crippen LogP contribution in [0.3, 0.4) is 0 Å². The molecule has 1 unspecified atom stereocenters. The standard InChI is InChI=1S/C15H28BrN3O/c1-7-11-13(16)12(19(8-2)18-11)9-15(6,20)10-17-14(3,4)5/h17,20H,7-10H2,1-6H3. The Morgan fingerprint density at radius 2 is 1.85 bits per heavy atom. The Morgan fingerprint density at radius 3 is 2.30 bits per heavy atom. The van der Waals surface area contributed by atoms with Crippen molar-refractivity contribution in [1.29, 1.82) is 0 Å². The molecule has 1 aromatic heterocycles. The Kier molecular flexibility index (Phi) is 5.81. The monoisotopic (exact) mass is 345 g/mol. The van der Waals surface area contributed by atoms with E-state index in [1.54, 1.807) is 0 Å². The van der Waals surface area contributed by atoms with Gasteiger partial charge in [-0.25, -0.2) is 0 Å². The molecule has 4 nitrogen and oxygen atoms in total. The van der Waals surface area contributed by atoms with Gasteiger partial charge in [-0.15, -0.1) is 0 Å². The molecule has 1 atom stereocenters. The number of halogens is 1. The molecule has 0 radical (unpaired) electrons. The lowest BCUT2D eigenvalue weighted by Crippen LogP contribution is -2.47. The second-order valence-electron chi connectivity index (χ2n) is 6.65. The zero-order chi connectivity index (χ0) is 15.6. The van der Waals surface area contributed by atoms with Gasteiger partial charge < -0.3 is 10.4 Å². The lowest BCUT2D eigenvalue weighted by Gasteiger charge is -2.29. The molecule has 0 aromatic carbocycles. The Hall–Kier alpha value is -0.390. The van der Waals surface area contributed by atoms with E-state index < -0.39 is 5.60 Å². The number of nitrogens with one attached hydrogen (secondary N) is 1. The van der Waals surface area contributed by atoms with Gasteiger partial charge >= 0.3 is 0 Å². The van der Waals surface area contributed by atoms with Crippen LogP contribution in [-0.4, -0.2) is 32.6 Å². The van der Waals surface area contributed by atoms with Gasteiger partial charge in [-0.1, -0.05) is 6.92 Å². The average Bonchev–Trinajstić information content (AvgIpc) is 2.63. The van der Waals surface area contributed by atoms with Gasteiger partial charge in [-0.3, -0.25) is 4.68 Å². The van der Waals surface area contributed by atoms with Crippen molar-refractivity contribution in [3.8, 4) is 0 Å². The predicted octanol–water partition coefficient (Wildman–Crippen LogP) is 2.91. The fraction of sp³-hybridized carbons (Fsp3) is 0.800. The zero-order valence-electron chi connectivity index (χ0n) is 13.5. The molecule has 0 spiro atoms. The minimum atomic E-state index is -0.798. The third kappa shape index (κ3) is 4.86. The maximum atomic E-state index is 10.6. The second-order valence-corrected chi connectivity index (χ2v) is 7.45. The summed E-state index contributed by atoms with van der Waals surface area (Å²) in [6, 6.07) is 0. The number of hydrogen-bond donors (Lipinski definition) is 2. The highest BCUT2D eigenvalue weighted by atomic mass is 79.9. The number of aliphatic hydroxyl groups is 1. The highest BCUT2D eigenvalue weighted by Gasteiger charge is 2.27. The van der Waals surface area contributed by atoms with E-state index in [4.69, 9.17) is 0 Å². The highest BCUT2D eigenvalue weighted by Crippen LogP contribution is 2.26. The Labute approximate surface area is 131 Å². The van der Waals surface area contributed by atoms with Crippen LogP contribution < -0.4 is 5.32 Å². The molecular formula is C15H28BrN3O. The van der Waals surface area contributed by atoms with Crippen LogP contribution in [0.5, 0.6) is 0 Å². The topological polar surface area (TPSA) is 50.1 Å². The molecule has 0 bridgehead atoms. The summed E-state index contributed by atoms with van der Waals surface area (Å²) in [7, 11) is 0. The smallest absolute Gasteiger partial charge is 0.0799 e. The number of β-amino-alcohol motifs (C(OH)–C–C–N with tert-alkyl or cyclic N) is 1. The van der Waals surface area contributed by atoms with Gasteiger partial charge in [-0.2, -0.15) is 5.10 Å². The summed E-state index contributed by atoms with van der Waals surface area (Å²) in [5.41, 5.74) is 1.33. The van der Waals surface area contributed by atoms with Crippen LogP contribution in [0.25, 0.3) is 0 Å². The second kappa shape index (κ2) is 6.58. The van der Waals surface area contributed by atoms with E-state index >= 15 is 0 Å². The predicted molar refractivity (Wildman–Crippen MR) is 87.1 cm³/mol. The summed E-state index contributed by atoms with van der Waals surface area (Å²) in [5.74, 6) is 0. The maximum absolute atomic E-state index is 10.6. The molecule has 0 aliphatic heterocycles. The van der Waals surface area contributed by atoms with E-state index in [-0.39, 0.29) is 5.54 Å². The summed E-state index contributed by atoms with van der Waals surface area (Å²) in [6.07, 6.45) is 1.47. The SMILES string of the molecule is CCc1nn(CC)c(CC(C)(O)CNC(C)(C)C)c1Br. The number of nitrogens with zero attached hydrogens (tertiary/aromatic N) is 2. The molecule has 1 heterocycles. The normalized spacial score (nSPS) is 15.4. The number of hydrogen-bond acceptors (Lipinski definition) is 3. The summed E-state index contributed by atoms with van der Waals surface area (Å²) in [5, 5.41) is 18.6. The zero-order valence-corrected chi connectivity index (χ0v) is 15.1. The Morgan fingerprint density at radius 1 is 1.25 bits per heavy atom. The third-order valence-corrected chi connectivity index (χ3v) is 4.16. The van der Waals surface area contributed by atoms with Gasteiger partial charge in [0.2, 0.25) is 0 Å². The molecule has 0 aliphatic rings. The van der Waals surface area contributed by atoms with E-state index in [9.17, 15) is 5.11 Å². The van der Waals surface area contributed by atoms with Gasteiger partial charge in [0.15, 0.2) is 0 Å². The number of rotatable bonds is 6. The first-order valence-electron chi connectivity index (χ1n) is 7.31. The molecule has 1 aromatic rings. The molecular weight excluding hydrogens is 318 g/mol. The lowest BCUT2D eigenvalue weighted by atomic mass is 9.97. The molecule has 20 heavy (non-hydrogen) atoms. The molecule has 5 heteroatoms. The van der Waals surface area contributed by atoms with E-state index in [1.807, 2.05) is 11.6 Å². The van der Waals surface area contributed by atoms with E-state index in [0.717, 1.165) is 28.8 Å². The number of aromatic nitrogens is 2. The number of aryl methyl sites for hydroxylation is 2. The van der Waals surface area contributed by atoms with E-state index in [0.29, 0.717) is 13.0 Å². The van der Waals surface area contributed by atoms with Crippen molar-refractivity contribution in [2.75, 3.05) is 6.54 Å². The van der Waals surface area contributed by atoms with E-state index in [2.05, 4.69) is 61.0 Å². The van der Waals surface area contributed by atoms with Gasteiger partial charge in [0, 0.05) is 25.0 Å². The molecule has 0 amide bonds. The van der Waals surface area contributed by atoms with Gasteiger partial charge in [0.1, 0.15) is 0 Å². The summed E-state index contributed by atoms with van der Waals surface area (Å²) in [6.45, 7) is 13.7. The van der Waals surface area contributed by atoms with Gasteiger partial charge in [-0.05, 0) is 57.0 Å². The Balaban J connectivity index is 2.88. The van der Waals surface area contributed by atoms with Crippen molar-refractivity contribution >= 4 is 15.9 Å². The minimum absolute atomic E-state index is 0.000795. The molecule has 0 saturated heterocycles. The molecule has 2 N–H and O–H groups in total. The first kappa shape index (κ1) is 17.7. The summed E-state index contributed by atoms with van der Waals surface area (Å²) < 4.78 is 3.02. The van der Waals surface area contributed by atoms with E-state index in [1.165, 1.54) is 0 Å². The third-order valence-electron chi connectivity index (χ3n) is 3.24. The molecule has 0 saturated carbocycles. The van der Waals surface area contributed by atoms with Crippen LogP contribution in [-0.2, 0) is 19.4 Å². The molecule has 116 valence electrons. The van der Waals surface area contributed by atoms with Crippen LogP contribution in [0, 0.1) is 0 Å². The first-order chi connectivity index (χ1) is 9.09. The van der Waals surface area contributed by atoms with Crippen LogP contribution in [0.4, 0.5) is 0 Å². The summed E-state index contributed by atoms with van der Waals surface area (Å²) >= 11 is 3.63. The van der Waals surface area contributed by atoms with Crippen molar-refractivity contribution in [3.63, 3.8) is 0 Å². The van der Waals surface area contributed by atoms with Crippen LogP contribution in [0.15, 0.2) is 4.47 Å². The quantitative estimate of drug-likeness (QED) is 0.833. The highest BCUT2D eigenvalue weighted by molar-refractivity contribution is 9.10. The van der Waals surface area contributed by atoms with Crippen molar-refractivity contribution in [1.82, 2.24) is 15.1 Å². The maximum Gasteiger partial charge on any atom is 0.0799 e. The fourth-order valence-corrected chi connectivity index (χ4v) is 2.77. The van der Waals surface area contributed by atoms with Crippen LogP contribution in [0.1, 0.15) is 52.9 Å². The van der Waals surface area contributed by atoms with Crippen LogP contribution >= 0.6 is 15.9 Å². The first-order valence-corrected chi connectivity index (χ1v) is 8.10. The Bertz CT molecular complexity index is 447. The largest absolute Gasteiger partial charge is 0.388 e. The van der Waals surface area contributed by atoms with Crippen LogP contribution in [0.2, 0.25) is 0 Å². The fourth-order valence-electron chi connectivity index (χ4n) is 2.06. The van der Waals surface area contributed by atoms with Crippen molar-refractivity contribution in [3.05, 3.63) is 15.9 Å². The van der Waals surface area contributed by atoms with Crippen molar-refractivity contribution in [2.24, 2.45) is 0 Å². The van der Waals surface area contributed by atoms with Crippen molar-refractivity contribution < 1.29 is 5.11 Å². The van der Waals surface area contributed by atoms with Crippen molar-refractivity contribution in [2.45, 2.75) is 72.1 Å². The average molecular weight is 346 g/mol. The lowest BCUT2D eigenvalue weighted by molar-refractivity contribution is 0.0513. The molecule has 0 aliphatic carbocycles. The van der Waals surface area contributed by atoms with Gasteiger partial charge in [0.05, 0.1) is 21.5 Å². The molecule has 0 fully saturated rings. The summed E-state index contributed by atoms with van der Waals surface area (Å²) in [4.78, 5) is 0. The van der Waals surface area contributed by atoms with Gasteiger partial charge in [0.25, 0.3) is 0 Å².